The van der Waals surface area contributed by atoms with Crippen molar-refractivity contribution in [3.63, 3.8) is 0 Å². The molecule has 0 fully saturated rings. The molecule has 1 amide bonds. The molecule has 0 aliphatic heterocycles. The first-order chi connectivity index (χ1) is 10.6. The monoisotopic (exact) mass is 316 g/mol. The van der Waals surface area contributed by atoms with Gasteiger partial charge >= 0.3 is 0 Å². The molecule has 0 bridgehead atoms. The Morgan fingerprint density at radius 1 is 1.27 bits per heavy atom. The predicted molar refractivity (Wildman–Crippen MR) is 81.6 cm³/mol. The minimum atomic E-state index is -0.264. The van der Waals surface area contributed by atoms with Crippen LogP contribution in [0.2, 0.25) is 5.02 Å². The van der Waals surface area contributed by atoms with Crippen LogP contribution in [0.4, 0.5) is 0 Å². The van der Waals surface area contributed by atoms with Crippen LogP contribution in [0.3, 0.4) is 0 Å². The first kappa shape index (κ1) is 14.4. The number of rotatable bonds is 4. The molecule has 5 nitrogen and oxygen atoms in total. The number of aryl methyl sites for hydroxylation is 1. The van der Waals surface area contributed by atoms with Crippen molar-refractivity contribution in [1.82, 2.24) is 10.5 Å². The molecule has 0 unspecified atom stereocenters. The predicted octanol–water partition coefficient (Wildman–Crippen LogP) is 3.83. The van der Waals surface area contributed by atoms with Crippen molar-refractivity contribution in [2.45, 2.75) is 13.5 Å². The molecule has 0 radical (unpaired) electrons. The lowest BCUT2D eigenvalue weighted by atomic mass is 10.1. The van der Waals surface area contributed by atoms with Crippen LogP contribution in [-0.4, -0.2) is 11.1 Å². The van der Waals surface area contributed by atoms with E-state index >= 15 is 0 Å². The fourth-order valence-electron chi connectivity index (χ4n) is 2.09. The van der Waals surface area contributed by atoms with Gasteiger partial charge in [-0.15, -0.1) is 0 Å². The van der Waals surface area contributed by atoms with Gasteiger partial charge in [0.15, 0.2) is 11.5 Å². The van der Waals surface area contributed by atoms with Gasteiger partial charge in [0.25, 0.3) is 5.91 Å². The Hall–Kier alpha value is -2.53. The van der Waals surface area contributed by atoms with Gasteiger partial charge < -0.3 is 14.3 Å². The lowest BCUT2D eigenvalue weighted by Crippen LogP contribution is -2.23. The van der Waals surface area contributed by atoms with Crippen molar-refractivity contribution in [1.29, 1.82) is 0 Å². The molecule has 0 atom stereocenters. The Bertz CT molecular complexity index is 776. The second-order valence-corrected chi connectivity index (χ2v) is 5.19. The van der Waals surface area contributed by atoms with Gasteiger partial charge in [0.05, 0.1) is 6.26 Å². The first-order valence-electron chi connectivity index (χ1n) is 6.68. The van der Waals surface area contributed by atoms with Gasteiger partial charge in [-0.25, -0.2) is 0 Å². The summed E-state index contributed by atoms with van der Waals surface area (Å²) in [6.45, 7) is 2.08. The van der Waals surface area contributed by atoms with Crippen LogP contribution in [0.1, 0.15) is 21.7 Å². The highest BCUT2D eigenvalue weighted by Gasteiger charge is 2.22. The molecule has 3 rings (SSSR count). The highest BCUT2D eigenvalue weighted by molar-refractivity contribution is 6.30. The summed E-state index contributed by atoms with van der Waals surface area (Å²) in [4.78, 5) is 12.4. The number of hydrogen-bond donors (Lipinski definition) is 1. The quantitative estimate of drug-likeness (QED) is 0.794. The van der Waals surface area contributed by atoms with Crippen molar-refractivity contribution in [3.05, 3.63) is 64.6 Å². The Morgan fingerprint density at radius 2 is 2.05 bits per heavy atom. The number of benzene rings is 1. The Morgan fingerprint density at radius 3 is 2.73 bits per heavy atom. The number of carbonyl (C=O) groups excluding carboxylic acids is 1. The van der Waals surface area contributed by atoms with Gasteiger partial charge in [0, 0.05) is 11.6 Å². The van der Waals surface area contributed by atoms with Crippen molar-refractivity contribution in [2.24, 2.45) is 0 Å². The highest BCUT2D eigenvalue weighted by atomic mass is 35.5. The normalized spacial score (nSPS) is 10.6. The first-order valence-corrected chi connectivity index (χ1v) is 7.06. The van der Waals surface area contributed by atoms with Gasteiger partial charge in [-0.2, -0.15) is 0 Å². The summed E-state index contributed by atoms with van der Waals surface area (Å²) in [6, 6.07) is 10.7. The topological polar surface area (TPSA) is 68.3 Å². The Balaban J connectivity index is 1.78. The second kappa shape index (κ2) is 6.07. The highest BCUT2D eigenvalue weighted by Crippen LogP contribution is 2.25. The molecule has 2 heterocycles. The van der Waals surface area contributed by atoms with Gasteiger partial charge in [-0.3, -0.25) is 4.79 Å². The summed E-state index contributed by atoms with van der Waals surface area (Å²) in [5.41, 5.74) is 1.73. The zero-order valence-electron chi connectivity index (χ0n) is 11.8. The fourth-order valence-corrected chi connectivity index (χ4v) is 2.22. The molecule has 0 saturated heterocycles. The van der Waals surface area contributed by atoms with E-state index in [1.54, 1.807) is 31.2 Å². The average molecular weight is 317 g/mol. The lowest BCUT2D eigenvalue weighted by Gasteiger charge is -2.05. The summed E-state index contributed by atoms with van der Waals surface area (Å²) >= 11 is 5.84. The molecule has 6 heteroatoms. The maximum atomic E-state index is 12.4. The average Bonchev–Trinajstić information content (AvgIpc) is 3.15. The number of halogens is 1. The van der Waals surface area contributed by atoms with Crippen LogP contribution in [0.15, 0.2) is 51.6 Å². The Kier molecular flexibility index (Phi) is 3.98. The number of amides is 1. The molecule has 2 aromatic heterocycles. The van der Waals surface area contributed by atoms with E-state index in [0.29, 0.717) is 34.3 Å². The van der Waals surface area contributed by atoms with E-state index in [-0.39, 0.29) is 5.91 Å². The summed E-state index contributed by atoms with van der Waals surface area (Å²) in [7, 11) is 0. The van der Waals surface area contributed by atoms with E-state index in [0.717, 1.165) is 5.56 Å². The van der Waals surface area contributed by atoms with Crippen LogP contribution in [-0.2, 0) is 6.54 Å². The molecular formula is C16H13ClN2O3. The third-order valence-electron chi connectivity index (χ3n) is 3.21. The second-order valence-electron chi connectivity index (χ2n) is 4.75. The zero-order valence-corrected chi connectivity index (χ0v) is 12.6. The molecule has 0 saturated carbocycles. The maximum Gasteiger partial charge on any atom is 0.257 e. The minimum Gasteiger partial charge on any atom is -0.463 e. The smallest absolute Gasteiger partial charge is 0.257 e. The van der Waals surface area contributed by atoms with Crippen molar-refractivity contribution in [2.75, 3.05) is 0 Å². The minimum absolute atomic E-state index is 0.264. The Labute approximate surface area is 131 Å². The SMILES string of the molecule is Cc1onc(-c2ccco2)c1C(=O)NCc1ccc(Cl)cc1. The van der Waals surface area contributed by atoms with E-state index in [9.17, 15) is 4.79 Å². The number of furan rings is 1. The number of nitrogens with zero attached hydrogens (tertiary/aromatic N) is 1. The lowest BCUT2D eigenvalue weighted by molar-refractivity contribution is 0.0950. The largest absolute Gasteiger partial charge is 0.463 e. The van der Waals surface area contributed by atoms with E-state index in [1.165, 1.54) is 6.26 Å². The number of carbonyl (C=O) groups is 1. The van der Waals surface area contributed by atoms with Crippen LogP contribution >= 0.6 is 11.6 Å². The third-order valence-corrected chi connectivity index (χ3v) is 3.46. The summed E-state index contributed by atoms with van der Waals surface area (Å²) < 4.78 is 10.4. The number of aromatic nitrogens is 1. The number of nitrogens with one attached hydrogen (secondary N) is 1. The number of hydrogen-bond acceptors (Lipinski definition) is 4. The zero-order chi connectivity index (χ0) is 15.5. The summed E-state index contributed by atoms with van der Waals surface area (Å²) in [6.07, 6.45) is 1.52. The van der Waals surface area contributed by atoms with Crippen LogP contribution in [0.25, 0.3) is 11.5 Å². The van der Waals surface area contributed by atoms with Gasteiger partial charge in [0.1, 0.15) is 11.3 Å². The fraction of sp³-hybridized carbons (Fsp3) is 0.125. The molecular weight excluding hydrogens is 304 g/mol. The maximum absolute atomic E-state index is 12.4. The van der Waals surface area contributed by atoms with Gasteiger partial charge in [-0.05, 0) is 36.8 Å². The third kappa shape index (κ3) is 2.89. The van der Waals surface area contributed by atoms with Crippen LogP contribution in [0, 0.1) is 6.92 Å². The molecule has 0 aliphatic carbocycles. The van der Waals surface area contributed by atoms with E-state index < -0.39 is 0 Å². The molecule has 22 heavy (non-hydrogen) atoms. The molecule has 112 valence electrons. The van der Waals surface area contributed by atoms with E-state index in [1.807, 2.05) is 12.1 Å². The van der Waals surface area contributed by atoms with Gasteiger partial charge in [-0.1, -0.05) is 28.9 Å². The molecule has 3 aromatic rings. The van der Waals surface area contributed by atoms with E-state index in [4.69, 9.17) is 20.5 Å². The summed E-state index contributed by atoms with van der Waals surface area (Å²) in [5, 5.41) is 7.40. The van der Waals surface area contributed by atoms with Crippen molar-refractivity contribution in [3.8, 4) is 11.5 Å². The summed E-state index contributed by atoms with van der Waals surface area (Å²) in [5.74, 6) is 0.675. The van der Waals surface area contributed by atoms with Crippen LogP contribution in [0.5, 0.6) is 0 Å². The van der Waals surface area contributed by atoms with Crippen molar-refractivity contribution < 1.29 is 13.7 Å². The standard InChI is InChI=1S/C16H13ClN2O3/c1-10-14(15(19-22-10)13-3-2-8-21-13)16(20)18-9-11-4-6-12(17)7-5-11/h2-8H,9H2,1H3,(H,18,20). The molecule has 1 N–H and O–H groups in total. The molecule has 1 aromatic carbocycles. The van der Waals surface area contributed by atoms with Crippen molar-refractivity contribution >= 4 is 17.5 Å². The molecule has 0 spiro atoms. The van der Waals surface area contributed by atoms with E-state index in [2.05, 4.69) is 10.5 Å². The van der Waals surface area contributed by atoms with Gasteiger partial charge in [0.2, 0.25) is 0 Å². The molecule has 0 aliphatic rings. The van der Waals surface area contributed by atoms with Crippen LogP contribution < -0.4 is 5.32 Å².